The summed E-state index contributed by atoms with van der Waals surface area (Å²) in [5, 5.41) is 0.666. The Balaban J connectivity index is 1.27. The fourth-order valence-electron chi connectivity index (χ4n) is 5.50. The van der Waals surface area contributed by atoms with Crippen LogP contribution in [0.2, 0.25) is 5.02 Å². The fraction of sp³-hybridized carbons (Fsp3) is 0.345. The number of aromatic nitrogens is 3. The van der Waals surface area contributed by atoms with E-state index in [-0.39, 0.29) is 0 Å². The molecule has 0 bridgehead atoms. The minimum Gasteiger partial charge on any atom is -0.492 e. The summed E-state index contributed by atoms with van der Waals surface area (Å²) >= 11 is 6.92. The Morgan fingerprint density at radius 2 is 1.81 bits per heavy atom. The van der Waals surface area contributed by atoms with Gasteiger partial charge in [0.25, 0.3) is 0 Å². The summed E-state index contributed by atoms with van der Waals surface area (Å²) < 4.78 is 6.13. The fourth-order valence-corrected chi connectivity index (χ4v) is 5.78. The zero-order valence-electron chi connectivity index (χ0n) is 20.9. The number of fused-ring (bicyclic) bond motifs is 2. The van der Waals surface area contributed by atoms with Gasteiger partial charge >= 0.3 is 0 Å². The molecule has 1 fully saturated rings. The average molecular weight is 515 g/mol. The molecule has 2 aromatic heterocycles. The van der Waals surface area contributed by atoms with Crippen LogP contribution in [-0.2, 0) is 13.0 Å². The van der Waals surface area contributed by atoms with Gasteiger partial charge in [0, 0.05) is 37.1 Å². The highest BCUT2D eigenvalue weighted by atomic mass is 35.5. The van der Waals surface area contributed by atoms with Gasteiger partial charge in [-0.2, -0.15) is 0 Å². The SMILES string of the molecule is NCc1cnc2c(N3CCc4c(-c5cccc(OCCCN6CCCC6)c5Cl)cccc43)ncnc2c1. The summed E-state index contributed by atoms with van der Waals surface area (Å²) in [6.07, 6.45) is 7.92. The van der Waals surface area contributed by atoms with Crippen molar-refractivity contribution in [1.29, 1.82) is 0 Å². The summed E-state index contributed by atoms with van der Waals surface area (Å²) in [6, 6.07) is 14.4. The standard InChI is InChI=1S/C29H31ClN6O/c30-27-23(7-4-9-26(27)37-15-5-13-35-11-1-2-12-35)21-6-3-8-25-22(21)10-14-36(25)29-28-24(33-19-34-29)16-20(17-31)18-32-28/h3-4,6-9,16,18-19H,1-2,5,10-15,17,31H2. The van der Waals surface area contributed by atoms with Crippen LogP contribution in [0.1, 0.15) is 30.4 Å². The minimum absolute atomic E-state index is 0.431. The Hall–Kier alpha value is -3.26. The van der Waals surface area contributed by atoms with Gasteiger partial charge < -0.3 is 20.3 Å². The molecule has 4 aromatic rings. The number of halogens is 1. The van der Waals surface area contributed by atoms with E-state index >= 15 is 0 Å². The highest BCUT2D eigenvalue weighted by Crippen LogP contribution is 2.44. The second kappa shape index (κ2) is 10.6. The van der Waals surface area contributed by atoms with Crippen LogP contribution in [0.3, 0.4) is 0 Å². The summed E-state index contributed by atoms with van der Waals surface area (Å²) in [4.78, 5) is 18.4. The van der Waals surface area contributed by atoms with E-state index in [4.69, 9.17) is 22.1 Å². The Labute approximate surface area is 222 Å². The van der Waals surface area contributed by atoms with Crippen LogP contribution < -0.4 is 15.4 Å². The van der Waals surface area contributed by atoms with Crippen molar-refractivity contribution in [3.05, 3.63) is 71.1 Å². The Morgan fingerprint density at radius 3 is 2.68 bits per heavy atom. The maximum atomic E-state index is 6.92. The van der Waals surface area contributed by atoms with Gasteiger partial charge in [-0.1, -0.05) is 35.9 Å². The molecule has 2 aliphatic rings. The summed E-state index contributed by atoms with van der Waals surface area (Å²) in [6.45, 7) is 5.41. The Kier molecular flexibility index (Phi) is 6.91. The lowest BCUT2D eigenvalue weighted by atomic mass is 9.97. The molecule has 0 radical (unpaired) electrons. The van der Waals surface area contributed by atoms with Gasteiger partial charge in [-0.05, 0) is 73.7 Å². The van der Waals surface area contributed by atoms with Gasteiger partial charge in [-0.25, -0.2) is 9.97 Å². The number of hydrogen-bond donors (Lipinski definition) is 1. The van der Waals surface area contributed by atoms with Crippen molar-refractivity contribution in [3.8, 4) is 16.9 Å². The first-order valence-corrected chi connectivity index (χ1v) is 13.4. The third-order valence-electron chi connectivity index (χ3n) is 7.36. The number of anilines is 2. The van der Waals surface area contributed by atoms with E-state index in [1.807, 2.05) is 18.2 Å². The number of nitrogens with zero attached hydrogens (tertiary/aromatic N) is 5. The van der Waals surface area contributed by atoms with Crippen LogP contribution in [-0.4, -0.2) is 52.6 Å². The number of hydrogen-bond acceptors (Lipinski definition) is 7. The van der Waals surface area contributed by atoms with E-state index in [9.17, 15) is 0 Å². The molecule has 8 heteroatoms. The smallest absolute Gasteiger partial charge is 0.163 e. The molecule has 0 saturated carbocycles. The van der Waals surface area contributed by atoms with Crippen molar-refractivity contribution in [2.24, 2.45) is 5.73 Å². The van der Waals surface area contributed by atoms with Crippen LogP contribution in [0, 0.1) is 0 Å². The number of pyridine rings is 1. The molecular formula is C29H31ClN6O. The lowest BCUT2D eigenvalue weighted by molar-refractivity contribution is 0.263. The summed E-state index contributed by atoms with van der Waals surface area (Å²) in [5.74, 6) is 1.56. The molecule has 7 nitrogen and oxygen atoms in total. The van der Waals surface area contributed by atoms with Crippen LogP contribution in [0.15, 0.2) is 55.0 Å². The van der Waals surface area contributed by atoms with Crippen molar-refractivity contribution in [1.82, 2.24) is 19.9 Å². The van der Waals surface area contributed by atoms with Gasteiger partial charge in [0.1, 0.15) is 17.6 Å². The molecule has 0 aliphatic carbocycles. The van der Waals surface area contributed by atoms with Gasteiger partial charge in [-0.3, -0.25) is 4.98 Å². The van der Waals surface area contributed by atoms with Crippen LogP contribution >= 0.6 is 11.6 Å². The van der Waals surface area contributed by atoms with Crippen molar-refractivity contribution >= 4 is 34.1 Å². The van der Waals surface area contributed by atoms with Crippen molar-refractivity contribution < 1.29 is 4.74 Å². The van der Waals surface area contributed by atoms with E-state index in [1.54, 1.807) is 12.5 Å². The second-order valence-electron chi connectivity index (χ2n) is 9.69. The monoisotopic (exact) mass is 514 g/mol. The number of ether oxygens (including phenoxy) is 1. The van der Waals surface area contributed by atoms with E-state index in [1.165, 1.54) is 31.5 Å². The highest BCUT2D eigenvalue weighted by molar-refractivity contribution is 6.34. The first-order valence-electron chi connectivity index (χ1n) is 13.1. The minimum atomic E-state index is 0.431. The molecular weight excluding hydrogens is 484 g/mol. The molecule has 6 rings (SSSR count). The quantitative estimate of drug-likeness (QED) is 0.317. The zero-order valence-corrected chi connectivity index (χ0v) is 21.6. The maximum Gasteiger partial charge on any atom is 0.163 e. The number of nitrogens with two attached hydrogens (primary N) is 1. The molecule has 0 unspecified atom stereocenters. The van der Waals surface area contributed by atoms with E-state index in [0.717, 1.165) is 70.9 Å². The van der Waals surface area contributed by atoms with Crippen molar-refractivity contribution in [2.45, 2.75) is 32.2 Å². The average Bonchev–Trinajstić information content (AvgIpc) is 3.61. The summed E-state index contributed by atoms with van der Waals surface area (Å²) in [7, 11) is 0. The van der Waals surface area contributed by atoms with Crippen molar-refractivity contribution in [3.63, 3.8) is 0 Å². The van der Waals surface area contributed by atoms with Crippen LogP contribution in [0.4, 0.5) is 11.5 Å². The molecule has 2 aromatic carbocycles. The molecule has 1 saturated heterocycles. The number of benzene rings is 2. The molecule has 0 atom stereocenters. The summed E-state index contributed by atoms with van der Waals surface area (Å²) in [5.41, 5.74) is 12.8. The van der Waals surface area contributed by atoms with Gasteiger partial charge in [-0.15, -0.1) is 0 Å². The van der Waals surface area contributed by atoms with Crippen molar-refractivity contribution in [2.75, 3.05) is 37.7 Å². The Bertz CT molecular complexity index is 1420. The highest BCUT2D eigenvalue weighted by Gasteiger charge is 2.27. The molecule has 2 aliphatic heterocycles. The predicted molar refractivity (Wildman–Crippen MR) is 149 cm³/mol. The topological polar surface area (TPSA) is 80.4 Å². The largest absolute Gasteiger partial charge is 0.492 e. The lowest BCUT2D eigenvalue weighted by Gasteiger charge is -2.20. The molecule has 4 heterocycles. The van der Waals surface area contributed by atoms with E-state index < -0.39 is 0 Å². The van der Waals surface area contributed by atoms with Crippen LogP contribution in [0.25, 0.3) is 22.2 Å². The van der Waals surface area contributed by atoms with Gasteiger partial charge in [0.2, 0.25) is 0 Å². The molecule has 190 valence electrons. The normalized spacial score (nSPS) is 15.5. The van der Waals surface area contributed by atoms with Crippen LogP contribution in [0.5, 0.6) is 5.75 Å². The number of rotatable bonds is 8. The Morgan fingerprint density at radius 1 is 0.973 bits per heavy atom. The maximum absolute atomic E-state index is 6.92. The zero-order chi connectivity index (χ0) is 25.2. The first-order chi connectivity index (χ1) is 18.2. The molecule has 0 spiro atoms. The molecule has 37 heavy (non-hydrogen) atoms. The molecule has 2 N–H and O–H groups in total. The number of likely N-dealkylation sites (tertiary alicyclic amines) is 1. The second-order valence-corrected chi connectivity index (χ2v) is 10.1. The lowest BCUT2D eigenvalue weighted by Crippen LogP contribution is -2.21. The first kappa shape index (κ1) is 24.1. The van der Waals surface area contributed by atoms with Gasteiger partial charge in [0.15, 0.2) is 5.82 Å². The van der Waals surface area contributed by atoms with E-state index in [2.05, 4.69) is 49.0 Å². The predicted octanol–water partition coefficient (Wildman–Crippen LogP) is 5.36. The molecule has 0 amide bonds. The third kappa shape index (κ3) is 4.75. The third-order valence-corrected chi connectivity index (χ3v) is 7.75. The van der Waals surface area contributed by atoms with E-state index in [0.29, 0.717) is 18.2 Å². The van der Waals surface area contributed by atoms with Gasteiger partial charge in [0.05, 0.1) is 17.1 Å².